The van der Waals surface area contributed by atoms with E-state index in [9.17, 15) is 9.90 Å². The Morgan fingerprint density at radius 3 is 3.00 bits per heavy atom. The van der Waals surface area contributed by atoms with E-state index in [0.29, 0.717) is 24.6 Å². The number of aryl methyl sites for hydroxylation is 1. The summed E-state index contributed by atoms with van der Waals surface area (Å²) < 4.78 is 5.75. The molecule has 6 nitrogen and oxygen atoms in total. The number of aromatic hydroxyl groups is 1. The van der Waals surface area contributed by atoms with Crippen LogP contribution in [0.4, 0.5) is 0 Å². The molecule has 0 radical (unpaired) electrons. The summed E-state index contributed by atoms with van der Waals surface area (Å²) in [5, 5.41) is 21.8. The molecule has 0 aromatic heterocycles. The summed E-state index contributed by atoms with van der Waals surface area (Å²) in [7, 11) is 0. The highest BCUT2D eigenvalue weighted by atomic mass is 16.5. The van der Waals surface area contributed by atoms with E-state index in [4.69, 9.17) is 9.84 Å². The molecule has 0 spiro atoms. The maximum absolute atomic E-state index is 12.3. The topological polar surface area (TPSA) is 82.0 Å². The number of hydrogen-bond donors (Lipinski definition) is 3. The number of ether oxygens (including phenoxy) is 1. The monoisotopic (exact) mass is 320 g/mol. The molecule has 2 aliphatic heterocycles. The number of nitrogens with zero attached hydrogens (tertiary/aromatic N) is 1. The predicted molar refractivity (Wildman–Crippen MR) is 85.5 cm³/mol. The van der Waals surface area contributed by atoms with Crippen molar-refractivity contribution in [2.45, 2.75) is 38.0 Å². The molecule has 1 amide bonds. The molecule has 3 rings (SSSR count). The SMILES string of the molecule is Cc1ccc(C(=O)N[C@@H]2C[C@H]3CO[C@@H](CCO)CN3C2)cc1O. The first-order valence-corrected chi connectivity index (χ1v) is 8.14. The van der Waals surface area contributed by atoms with Gasteiger partial charge in [-0.25, -0.2) is 0 Å². The maximum atomic E-state index is 12.3. The van der Waals surface area contributed by atoms with Gasteiger partial charge < -0.3 is 20.3 Å². The van der Waals surface area contributed by atoms with Gasteiger partial charge >= 0.3 is 0 Å². The number of phenolic OH excluding ortho intramolecular Hbond substituents is 1. The average Bonchev–Trinajstić information content (AvgIpc) is 2.91. The molecule has 3 N–H and O–H groups in total. The van der Waals surface area contributed by atoms with Gasteiger partial charge in [-0.15, -0.1) is 0 Å². The summed E-state index contributed by atoms with van der Waals surface area (Å²) in [5.41, 5.74) is 1.24. The fourth-order valence-corrected chi connectivity index (χ4v) is 3.39. The Kier molecular flexibility index (Phi) is 4.84. The van der Waals surface area contributed by atoms with Crippen molar-refractivity contribution < 1.29 is 19.7 Å². The number of carbonyl (C=O) groups excluding carboxylic acids is 1. The number of hydrogen-bond acceptors (Lipinski definition) is 5. The highest BCUT2D eigenvalue weighted by Crippen LogP contribution is 2.25. The number of morpholine rings is 1. The molecule has 2 fully saturated rings. The molecule has 1 aromatic rings. The van der Waals surface area contributed by atoms with Gasteiger partial charge in [0, 0.05) is 37.3 Å². The van der Waals surface area contributed by atoms with E-state index < -0.39 is 0 Å². The lowest BCUT2D eigenvalue weighted by Crippen LogP contribution is -2.46. The molecule has 0 saturated carbocycles. The van der Waals surface area contributed by atoms with Crippen LogP contribution in [-0.2, 0) is 4.74 Å². The van der Waals surface area contributed by atoms with Crippen LogP contribution in [0, 0.1) is 6.92 Å². The third-order valence-corrected chi connectivity index (χ3v) is 4.75. The molecule has 2 saturated heterocycles. The van der Waals surface area contributed by atoms with E-state index in [2.05, 4.69) is 10.2 Å². The van der Waals surface area contributed by atoms with Crippen LogP contribution in [0.1, 0.15) is 28.8 Å². The Balaban J connectivity index is 1.57. The van der Waals surface area contributed by atoms with Crippen molar-refractivity contribution in [3.05, 3.63) is 29.3 Å². The number of fused-ring (bicyclic) bond motifs is 1. The highest BCUT2D eigenvalue weighted by Gasteiger charge is 2.37. The van der Waals surface area contributed by atoms with Gasteiger partial charge in [0.1, 0.15) is 5.75 Å². The summed E-state index contributed by atoms with van der Waals surface area (Å²) in [6.45, 7) is 4.21. The normalized spacial score (nSPS) is 27.7. The zero-order valence-electron chi connectivity index (χ0n) is 13.4. The Hall–Kier alpha value is -1.63. The Morgan fingerprint density at radius 1 is 1.43 bits per heavy atom. The van der Waals surface area contributed by atoms with Crippen LogP contribution < -0.4 is 5.32 Å². The molecule has 2 aliphatic rings. The van der Waals surface area contributed by atoms with E-state index in [1.807, 2.05) is 0 Å². The third-order valence-electron chi connectivity index (χ3n) is 4.75. The van der Waals surface area contributed by atoms with Gasteiger partial charge in [-0.2, -0.15) is 0 Å². The largest absolute Gasteiger partial charge is 0.508 e. The lowest BCUT2D eigenvalue weighted by molar-refractivity contribution is -0.0566. The summed E-state index contributed by atoms with van der Waals surface area (Å²) in [6.07, 6.45) is 1.61. The van der Waals surface area contributed by atoms with Gasteiger partial charge in [0.2, 0.25) is 0 Å². The number of benzene rings is 1. The molecule has 6 heteroatoms. The fraction of sp³-hybridized carbons (Fsp3) is 0.588. The van der Waals surface area contributed by atoms with Gasteiger partial charge in [-0.3, -0.25) is 9.69 Å². The Bertz CT molecular complexity index is 578. The minimum atomic E-state index is -0.155. The zero-order valence-corrected chi connectivity index (χ0v) is 13.4. The summed E-state index contributed by atoms with van der Waals surface area (Å²) in [6, 6.07) is 5.41. The van der Waals surface area contributed by atoms with E-state index in [1.165, 1.54) is 6.07 Å². The molecular weight excluding hydrogens is 296 g/mol. The molecule has 126 valence electrons. The van der Waals surface area contributed by atoms with Gasteiger partial charge in [-0.05, 0) is 37.5 Å². The first-order valence-electron chi connectivity index (χ1n) is 8.14. The van der Waals surface area contributed by atoms with Crippen LogP contribution in [0.15, 0.2) is 18.2 Å². The molecular formula is C17H24N2O4. The van der Waals surface area contributed by atoms with Gasteiger partial charge in [0.25, 0.3) is 5.91 Å². The van der Waals surface area contributed by atoms with Crippen LogP contribution in [0.3, 0.4) is 0 Å². The number of aliphatic hydroxyl groups excluding tert-OH is 1. The van der Waals surface area contributed by atoms with Crippen molar-refractivity contribution in [3.8, 4) is 5.75 Å². The molecule has 0 aliphatic carbocycles. The van der Waals surface area contributed by atoms with E-state index in [-0.39, 0.29) is 30.4 Å². The summed E-state index contributed by atoms with van der Waals surface area (Å²) in [5.74, 6) is -0.0142. The second-order valence-corrected chi connectivity index (χ2v) is 6.48. The second kappa shape index (κ2) is 6.86. The smallest absolute Gasteiger partial charge is 0.251 e. The average molecular weight is 320 g/mol. The van der Waals surface area contributed by atoms with Gasteiger partial charge in [0.15, 0.2) is 0 Å². The van der Waals surface area contributed by atoms with Crippen LogP contribution in [-0.4, -0.2) is 65.5 Å². The van der Waals surface area contributed by atoms with Crippen molar-refractivity contribution in [2.24, 2.45) is 0 Å². The number of aliphatic hydroxyl groups is 1. The predicted octanol–water partition coefficient (Wildman–Crippen LogP) is 0.655. The number of carbonyl (C=O) groups is 1. The van der Waals surface area contributed by atoms with Crippen molar-refractivity contribution in [1.82, 2.24) is 10.2 Å². The molecule has 3 atom stereocenters. The van der Waals surface area contributed by atoms with Crippen LogP contribution >= 0.6 is 0 Å². The van der Waals surface area contributed by atoms with Crippen molar-refractivity contribution in [2.75, 3.05) is 26.3 Å². The molecule has 0 bridgehead atoms. The van der Waals surface area contributed by atoms with Gasteiger partial charge in [0.05, 0.1) is 12.7 Å². The highest BCUT2D eigenvalue weighted by molar-refractivity contribution is 5.94. The lowest BCUT2D eigenvalue weighted by Gasteiger charge is -2.34. The summed E-state index contributed by atoms with van der Waals surface area (Å²) >= 11 is 0. The number of rotatable bonds is 4. The number of amides is 1. The van der Waals surface area contributed by atoms with Crippen LogP contribution in [0.5, 0.6) is 5.75 Å². The van der Waals surface area contributed by atoms with Crippen molar-refractivity contribution >= 4 is 5.91 Å². The molecule has 0 unspecified atom stereocenters. The minimum Gasteiger partial charge on any atom is -0.508 e. The summed E-state index contributed by atoms with van der Waals surface area (Å²) in [4.78, 5) is 14.7. The third kappa shape index (κ3) is 3.65. The molecule has 1 aromatic carbocycles. The van der Waals surface area contributed by atoms with Crippen molar-refractivity contribution in [1.29, 1.82) is 0 Å². The Morgan fingerprint density at radius 2 is 2.26 bits per heavy atom. The quantitative estimate of drug-likeness (QED) is 0.759. The van der Waals surface area contributed by atoms with Crippen LogP contribution in [0.2, 0.25) is 0 Å². The molecule has 23 heavy (non-hydrogen) atoms. The standard InChI is InChI=1S/C17H24N2O4/c1-11-2-3-12(6-16(11)21)17(22)18-13-7-14-10-23-15(4-5-20)9-19(14)8-13/h2-3,6,13-15,20-21H,4-5,7-10H2,1H3,(H,18,22)/t13-,14+,15+/m1/s1. The fourth-order valence-electron chi connectivity index (χ4n) is 3.39. The first kappa shape index (κ1) is 16.2. The molecule has 2 heterocycles. The first-order chi connectivity index (χ1) is 11.1. The zero-order chi connectivity index (χ0) is 16.4. The van der Waals surface area contributed by atoms with Crippen LogP contribution in [0.25, 0.3) is 0 Å². The van der Waals surface area contributed by atoms with E-state index in [0.717, 1.165) is 25.1 Å². The van der Waals surface area contributed by atoms with E-state index in [1.54, 1.807) is 19.1 Å². The minimum absolute atomic E-state index is 0.0831. The number of nitrogens with one attached hydrogen (secondary N) is 1. The Labute approximate surface area is 136 Å². The van der Waals surface area contributed by atoms with E-state index >= 15 is 0 Å². The van der Waals surface area contributed by atoms with Crippen molar-refractivity contribution in [3.63, 3.8) is 0 Å². The lowest BCUT2D eigenvalue weighted by atomic mass is 10.1. The number of phenols is 1. The second-order valence-electron chi connectivity index (χ2n) is 6.48. The maximum Gasteiger partial charge on any atom is 0.251 e. The van der Waals surface area contributed by atoms with Gasteiger partial charge in [-0.1, -0.05) is 6.07 Å².